The Morgan fingerprint density at radius 1 is 1.07 bits per heavy atom. The highest BCUT2D eigenvalue weighted by molar-refractivity contribution is 7.89. The van der Waals surface area contributed by atoms with Gasteiger partial charge in [0.15, 0.2) is 0 Å². The van der Waals surface area contributed by atoms with Gasteiger partial charge in [0, 0.05) is 16.4 Å². The van der Waals surface area contributed by atoms with Crippen LogP contribution in [0.4, 0.5) is 0 Å². The molecule has 0 spiro atoms. The highest BCUT2D eigenvalue weighted by Gasteiger charge is 2.30. The normalized spacial score (nSPS) is 18.6. The molecule has 0 bridgehead atoms. The smallest absolute Gasteiger partial charge is 0.260 e. The van der Waals surface area contributed by atoms with Crippen LogP contribution >= 0.6 is 22.9 Å². The number of rotatable bonds is 6. The van der Waals surface area contributed by atoms with E-state index in [-0.39, 0.29) is 29.7 Å². The van der Waals surface area contributed by atoms with Gasteiger partial charge in [-0.05, 0) is 41.8 Å². The average molecular weight is 446 g/mol. The molecule has 0 fully saturated rings. The first-order valence-corrected chi connectivity index (χ1v) is 11.5. The number of nitrogens with zero attached hydrogens (tertiary/aromatic N) is 3. The van der Waals surface area contributed by atoms with Gasteiger partial charge in [-0.1, -0.05) is 35.9 Å². The Hall–Kier alpha value is -2.39. The number of carbonyl (C=O) groups excluding carboxylic acids is 1. The third kappa shape index (κ3) is 4.30. The van der Waals surface area contributed by atoms with Crippen LogP contribution in [-0.4, -0.2) is 36.7 Å². The number of aliphatic imine (C=N–C) groups is 2. The Morgan fingerprint density at radius 2 is 1.86 bits per heavy atom. The van der Waals surface area contributed by atoms with E-state index in [9.17, 15) is 13.2 Å². The number of allylic oxidation sites excluding steroid dienone is 3. The second kappa shape index (κ2) is 8.16. The zero-order chi connectivity index (χ0) is 20.4. The van der Waals surface area contributed by atoms with Crippen LogP contribution in [0.25, 0.3) is 0 Å². The van der Waals surface area contributed by atoms with Gasteiger partial charge in [0.05, 0.1) is 17.2 Å². The number of thiophene rings is 1. The van der Waals surface area contributed by atoms with Gasteiger partial charge in [-0.3, -0.25) is 4.79 Å². The second-order valence-corrected chi connectivity index (χ2v) is 9.84. The van der Waals surface area contributed by atoms with Crippen LogP contribution in [0, 0.1) is 5.92 Å². The first kappa shape index (κ1) is 19.9. The van der Waals surface area contributed by atoms with Crippen molar-refractivity contribution in [3.8, 4) is 0 Å². The summed E-state index contributed by atoms with van der Waals surface area (Å²) >= 11 is 7.36. The summed E-state index contributed by atoms with van der Waals surface area (Å²) in [5.41, 5.74) is 0.572. The first-order valence-electron chi connectivity index (χ1n) is 8.76. The molecule has 1 atom stereocenters. The summed E-state index contributed by atoms with van der Waals surface area (Å²) in [7, 11) is -3.85. The second-order valence-electron chi connectivity index (χ2n) is 6.43. The fraction of sp³-hybridized carbons (Fsp3) is 0.150. The molecule has 1 aliphatic carbocycles. The lowest BCUT2D eigenvalue weighted by molar-refractivity contribution is -0.118. The Kier molecular flexibility index (Phi) is 5.60. The van der Waals surface area contributed by atoms with E-state index in [0.29, 0.717) is 10.7 Å². The van der Waals surface area contributed by atoms with Crippen molar-refractivity contribution in [3.05, 3.63) is 76.0 Å². The fourth-order valence-electron chi connectivity index (χ4n) is 3.00. The summed E-state index contributed by atoms with van der Waals surface area (Å²) in [6.07, 6.45) is 7.04. The SMILES string of the molecule is O=C1N=C(CN(Cc2cccs2)S(=O)(=O)c2ccc(Cl)cc2)N=C2C=CC=CC12. The molecule has 6 nitrogen and oxygen atoms in total. The highest BCUT2D eigenvalue weighted by atomic mass is 35.5. The van der Waals surface area contributed by atoms with Crippen molar-refractivity contribution < 1.29 is 13.2 Å². The van der Waals surface area contributed by atoms with Gasteiger partial charge in [-0.25, -0.2) is 13.4 Å². The van der Waals surface area contributed by atoms with E-state index in [4.69, 9.17) is 11.6 Å². The molecular formula is C20H16ClN3O3S2. The standard InChI is InChI=1S/C20H16ClN3O3S2/c21-14-7-9-16(10-8-14)29(26,27)24(12-15-4-3-11-28-15)13-19-22-18-6-2-1-5-17(18)20(25)23-19/h1-11,17H,12-13H2. The number of amides is 1. The highest BCUT2D eigenvalue weighted by Crippen LogP contribution is 2.23. The number of sulfonamides is 1. The Labute approximate surface area is 177 Å². The molecule has 0 saturated carbocycles. The molecule has 0 radical (unpaired) electrons. The lowest BCUT2D eigenvalue weighted by Gasteiger charge is -2.24. The molecule has 29 heavy (non-hydrogen) atoms. The van der Waals surface area contributed by atoms with E-state index in [1.54, 1.807) is 24.3 Å². The average Bonchev–Trinajstić information content (AvgIpc) is 3.21. The molecule has 148 valence electrons. The first-order chi connectivity index (χ1) is 13.9. The van der Waals surface area contributed by atoms with E-state index < -0.39 is 15.9 Å². The third-order valence-corrected chi connectivity index (χ3v) is 7.36. The molecule has 0 saturated heterocycles. The van der Waals surface area contributed by atoms with E-state index in [0.717, 1.165) is 4.88 Å². The quantitative estimate of drug-likeness (QED) is 0.679. The van der Waals surface area contributed by atoms with Gasteiger partial charge in [0.2, 0.25) is 10.0 Å². The Bertz CT molecular complexity index is 1150. The predicted molar refractivity (Wildman–Crippen MR) is 115 cm³/mol. The molecule has 2 aliphatic rings. The van der Waals surface area contributed by atoms with Gasteiger partial charge in [-0.2, -0.15) is 9.30 Å². The number of halogens is 1. The fourth-order valence-corrected chi connectivity index (χ4v) is 5.30. The third-order valence-electron chi connectivity index (χ3n) is 4.45. The Morgan fingerprint density at radius 3 is 2.59 bits per heavy atom. The van der Waals surface area contributed by atoms with Gasteiger partial charge >= 0.3 is 0 Å². The molecule has 1 aromatic carbocycles. The minimum absolute atomic E-state index is 0.109. The molecule has 0 N–H and O–H groups in total. The molecule has 1 aromatic heterocycles. The number of amidine groups is 1. The van der Waals surface area contributed by atoms with Gasteiger partial charge < -0.3 is 0 Å². The number of hydrogen-bond donors (Lipinski definition) is 0. The number of fused-ring (bicyclic) bond motifs is 1. The molecule has 4 rings (SSSR count). The molecule has 1 unspecified atom stereocenters. The van der Waals surface area contributed by atoms with Gasteiger partial charge in [-0.15, -0.1) is 11.3 Å². The largest absolute Gasteiger partial charge is 0.271 e. The van der Waals surface area contributed by atoms with Crippen LogP contribution < -0.4 is 0 Å². The van der Waals surface area contributed by atoms with Crippen molar-refractivity contribution in [1.29, 1.82) is 0 Å². The van der Waals surface area contributed by atoms with E-state index in [2.05, 4.69) is 9.98 Å². The lowest BCUT2D eigenvalue weighted by Crippen LogP contribution is -2.37. The molecule has 1 aliphatic heterocycles. The monoisotopic (exact) mass is 445 g/mol. The van der Waals surface area contributed by atoms with Crippen molar-refractivity contribution in [2.45, 2.75) is 11.4 Å². The minimum Gasteiger partial charge on any atom is -0.271 e. The minimum atomic E-state index is -3.85. The number of benzene rings is 1. The zero-order valence-corrected chi connectivity index (χ0v) is 17.5. The van der Waals surface area contributed by atoms with Crippen molar-refractivity contribution in [2.75, 3.05) is 6.54 Å². The predicted octanol–water partition coefficient (Wildman–Crippen LogP) is 3.71. The van der Waals surface area contributed by atoms with E-state index in [1.165, 1.54) is 39.9 Å². The van der Waals surface area contributed by atoms with Crippen molar-refractivity contribution >= 4 is 50.4 Å². The van der Waals surface area contributed by atoms with Crippen LogP contribution in [0.3, 0.4) is 0 Å². The summed E-state index contributed by atoms with van der Waals surface area (Å²) in [5.74, 6) is -0.664. The maximum absolute atomic E-state index is 13.3. The van der Waals surface area contributed by atoms with Crippen molar-refractivity contribution in [1.82, 2.24) is 4.31 Å². The van der Waals surface area contributed by atoms with Crippen molar-refractivity contribution in [3.63, 3.8) is 0 Å². The van der Waals surface area contributed by atoms with Gasteiger partial charge in [0.1, 0.15) is 11.8 Å². The summed E-state index contributed by atoms with van der Waals surface area (Å²) < 4.78 is 27.8. The van der Waals surface area contributed by atoms with E-state index >= 15 is 0 Å². The zero-order valence-electron chi connectivity index (χ0n) is 15.1. The molecule has 9 heteroatoms. The molecule has 2 aromatic rings. The van der Waals surface area contributed by atoms with Crippen LogP contribution in [0.2, 0.25) is 5.02 Å². The summed E-state index contributed by atoms with van der Waals surface area (Å²) in [6.45, 7) is 0.0439. The lowest BCUT2D eigenvalue weighted by atomic mass is 9.96. The van der Waals surface area contributed by atoms with E-state index in [1.807, 2.05) is 17.5 Å². The summed E-state index contributed by atoms with van der Waals surface area (Å²) in [6, 6.07) is 9.71. The number of carbonyl (C=O) groups is 1. The molecule has 1 amide bonds. The maximum Gasteiger partial charge on any atom is 0.260 e. The van der Waals surface area contributed by atoms with Gasteiger partial charge in [0.25, 0.3) is 5.91 Å². The topological polar surface area (TPSA) is 79.2 Å². The molecule has 2 heterocycles. The van der Waals surface area contributed by atoms with Crippen LogP contribution in [0.15, 0.2) is 81.0 Å². The number of hydrogen-bond acceptors (Lipinski definition) is 5. The van der Waals surface area contributed by atoms with Crippen LogP contribution in [-0.2, 0) is 21.4 Å². The summed E-state index contributed by atoms with van der Waals surface area (Å²) in [4.78, 5) is 21.8. The van der Waals surface area contributed by atoms with Crippen molar-refractivity contribution in [2.24, 2.45) is 15.9 Å². The van der Waals surface area contributed by atoms with Crippen LogP contribution in [0.1, 0.15) is 4.88 Å². The maximum atomic E-state index is 13.3. The summed E-state index contributed by atoms with van der Waals surface area (Å²) in [5, 5.41) is 2.33. The Balaban J connectivity index is 1.67. The van der Waals surface area contributed by atoms with Crippen LogP contribution in [0.5, 0.6) is 0 Å². The molecular weight excluding hydrogens is 430 g/mol.